The fraction of sp³-hybridized carbons (Fsp3) is 0.0833. The number of nitrogens with zero attached hydrogens (tertiary/aromatic N) is 1. The van der Waals surface area contributed by atoms with Gasteiger partial charge in [0.2, 0.25) is 0 Å². The Morgan fingerprint density at radius 3 is 2.67 bits per heavy atom. The Hall–Kier alpha value is -1.90. The van der Waals surface area contributed by atoms with Crippen LogP contribution in [0.4, 0.5) is 4.39 Å². The Labute approximate surface area is 87.0 Å². The highest BCUT2D eigenvalue weighted by atomic mass is 19.1. The van der Waals surface area contributed by atoms with Crippen molar-refractivity contribution in [1.29, 1.82) is 0 Å². The van der Waals surface area contributed by atoms with Crippen LogP contribution in [0.2, 0.25) is 0 Å². The minimum Gasteiger partial charge on any atom is -0.507 e. The molecule has 0 unspecified atom stereocenters. The molecule has 1 heterocycles. The van der Waals surface area contributed by atoms with E-state index in [0.29, 0.717) is 5.56 Å². The molecule has 1 aromatic heterocycles. The van der Waals surface area contributed by atoms with Crippen LogP contribution in [0.3, 0.4) is 0 Å². The van der Waals surface area contributed by atoms with Gasteiger partial charge in [0.25, 0.3) is 0 Å². The summed E-state index contributed by atoms with van der Waals surface area (Å²) in [5.41, 5.74) is 2.30. The van der Waals surface area contributed by atoms with E-state index in [0.717, 1.165) is 17.3 Å². The molecule has 3 heteroatoms. The number of aromatic nitrogens is 1. The molecule has 0 saturated carbocycles. The number of pyridine rings is 1. The zero-order chi connectivity index (χ0) is 10.8. The van der Waals surface area contributed by atoms with Gasteiger partial charge in [-0.25, -0.2) is 4.39 Å². The summed E-state index contributed by atoms with van der Waals surface area (Å²) in [6.45, 7) is 1.87. The minimum absolute atomic E-state index is 0.0550. The van der Waals surface area contributed by atoms with Gasteiger partial charge in [-0.05, 0) is 36.8 Å². The van der Waals surface area contributed by atoms with Gasteiger partial charge in [0.05, 0.1) is 0 Å². The molecule has 0 radical (unpaired) electrons. The van der Waals surface area contributed by atoms with Gasteiger partial charge in [0.15, 0.2) is 0 Å². The van der Waals surface area contributed by atoms with E-state index in [4.69, 9.17) is 0 Å². The minimum atomic E-state index is -0.443. The first-order chi connectivity index (χ1) is 7.16. The summed E-state index contributed by atoms with van der Waals surface area (Å²) in [5, 5.41) is 9.58. The summed E-state index contributed by atoms with van der Waals surface area (Å²) in [5.74, 6) is -0.498. The molecule has 0 amide bonds. The Morgan fingerprint density at radius 2 is 2.00 bits per heavy atom. The molecule has 15 heavy (non-hydrogen) atoms. The fourth-order valence-electron chi connectivity index (χ4n) is 1.46. The molecule has 2 aromatic rings. The number of phenols is 1. The van der Waals surface area contributed by atoms with Crippen molar-refractivity contribution in [1.82, 2.24) is 4.98 Å². The van der Waals surface area contributed by atoms with Gasteiger partial charge in [0, 0.05) is 23.5 Å². The second kappa shape index (κ2) is 3.69. The summed E-state index contributed by atoms with van der Waals surface area (Å²) in [7, 11) is 0. The first-order valence-electron chi connectivity index (χ1n) is 4.58. The largest absolute Gasteiger partial charge is 0.507 e. The predicted molar refractivity (Wildman–Crippen MR) is 56.0 cm³/mol. The van der Waals surface area contributed by atoms with Crippen molar-refractivity contribution >= 4 is 0 Å². The number of aryl methyl sites for hydroxylation is 1. The predicted octanol–water partition coefficient (Wildman–Crippen LogP) is 2.90. The molecule has 1 N–H and O–H groups in total. The SMILES string of the molecule is Cc1cc(-c2ccc(F)cc2O)ccn1. The molecule has 0 spiro atoms. The van der Waals surface area contributed by atoms with Gasteiger partial charge in [0.1, 0.15) is 11.6 Å². The number of hydrogen-bond donors (Lipinski definition) is 1. The summed E-state index contributed by atoms with van der Waals surface area (Å²) in [6, 6.07) is 7.60. The van der Waals surface area contributed by atoms with Gasteiger partial charge in [-0.2, -0.15) is 0 Å². The van der Waals surface area contributed by atoms with Crippen LogP contribution in [0.1, 0.15) is 5.69 Å². The molecule has 0 aliphatic carbocycles. The summed E-state index contributed by atoms with van der Waals surface area (Å²) < 4.78 is 12.8. The van der Waals surface area contributed by atoms with Crippen molar-refractivity contribution in [3.8, 4) is 16.9 Å². The van der Waals surface area contributed by atoms with Crippen LogP contribution in [0.5, 0.6) is 5.75 Å². The van der Waals surface area contributed by atoms with E-state index in [1.807, 2.05) is 13.0 Å². The van der Waals surface area contributed by atoms with Crippen LogP contribution in [-0.2, 0) is 0 Å². The summed E-state index contributed by atoms with van der Waals surface area (Å²) in [6.07, 6.45) is 1.66. The molecule has 0 aliphatic heterocycles. The first-order valence-corrected chi connectivity index (χ1v) is 4.58. The topological polar surface area (TPSA) is 33.1 Å². The van der Waals surface area contributed by atoms with Crippen molar-refractivity contribution < 1.29 is 9.50 Å². The van der Waals surface area contributed by atoms with E-state index in [9.17, 15) is 9.50 Å². The average Bonchev–Trinajstić information content (AvgIpc) is 2.17. The average molecular weight is 203 g/mol. The Morgan fingerprint density at radius 1 is 1.20 bits per heavy atom. The van der Waals surface area contributed by atoms with Gasteiger partial charge >= 0.3 is 0 Å². The Bertz CT molecular complexity index is 497. The number of benzene rings is 1. The van der Waals surface area contributed by atoms with Gasteiger partial charge in [-0.15, -0.1) is 0 Å². The first kappa shape index (κ1) is 9.65. The maximum atomic E-state index is 12.8. The van der Waals surface area contributed by atoms with Crippen molar-refractivity contribution in [2.75, 3.05) is 0 Å². The molecule has 1 aromatic carbocycles. The third kappa shape index (κ3) is 1.96. The Balaban J connectivity index is 2.54. The molecule has 0 bridgehead atoms. The van der Waals surface area contributed by atoms with Gasteiger partial charge in [-0.3, -0.25) is 4.98 Å². The van der Waals surface area contributed by atoms with Crippen LogP contribution in [0, 0.1) is 12.7 Å². The van der Waals surface area contributed by atoms with E-state index in [1.54, 1.807) is 18.3 Å². The zero-order valence-corrected chi connectivity index (χ0v) is 8.24. The number of rotatable bonds is 1. The number of halogens is 1. The number of hydrogen-bond acceptors (Lipinski definition) is 2. The Kier molecular flexibility index (Phi) is 2.37. The van der Waals surface area contributed by atoms with E-state index in [-0.39, 0.29) is 5.75 Å². The van der Waals surface area contributed by atoms with Gasteiger partial charge < -0.3 is 5.11 Å². The lowest BCUT2D eigenvalue weighted by Crippen LogP contribution is -1.84. The van der Waals surface area contributed by atoms with Crippen molar-refractivity contribution in [2.45, 2.75) is 6.92 Å². The van der Waals surface area contributed by atoms with Crippen LogP contribution in [0.25, 0.3) is 11.1 Å². The highest BCUT2D eigenvalue weighted by Crippen LogP contribution is 2.29. The number of phenolic OH excluding ortho intramolecular Hbond substituents is 1. The van der Waals surface area contributed by atoms with Crippen molar-refractivity contribution in [3.05, 3.63) is 48.0 Å². The number of aromatic hydroxyl groups is 1. The van der Waals surface area contributed by atoms with Crippen molar-refractivity contribution in [3.63, 3.8) is 0 Å². The summed E-state index contributed by atoms with van der Waals surface area (Å²) in [4.78, 5) is 4.06. The molecular weight excluding hydrogens is 193 g/mol. The molecule has 76 valence electrons. The lowest BCUT2D eigenvalue weighted by molar-refractivity contribution is 0.471. The quantitative estimate of drug-likeness (QED) is 0.773. The molecule has 0 aliphatic rings. The molecule has 2 nitrogen and oxygen atoms in total. The standard InChI is InChI=1S/C12H10FNO/c1-8-6-9(4-5-14-8)11-3-2-10(13)7-12(11)15/h2-7,15H,1H3. The van der Waals surface area contributed by atoms with E-state index < -0.39 is 5.82 Å². The highest BCUT2D eigenvalue weighted by molar-refractivity contribution is 5.69. The maximum Gasteiger partial charge on any atom is 0.126 e. The van der Waals surface area contributed by atoms with Crippen LogP contribution < -0.4 is 0 Å². The molecule has 0 saturated heterocycles. The third-order valence-corrected chi connectivity index (χ3v) is 2.17. The molecular formula is C12H10FNO. The lowest BCUT2D eigenvalue weighted by atomic mass is 10.1. The van der Waals surface area contributed by atoms with Crippen LogP contribution >= 0.6 is 0 Å². The second-order valence-electron chi connectivity index (χ2n) is 3.35. The third-order valence-electron chi connectivity index (χ3n) is 2.17. The van der Waals surface area contributed by atoms with E-state index >= 15 is 0 Å². The van der Waals surface area contributed by atoms with Crippen molar-refractivity contribution in [2.24, 2.45) is 0 Å². The maximum absolute atomic E-state index is 12.8. The monoisotopic (exact) mass is 203 g/mol. The molecule has 0 atom stereocenters. The normalized spacial score (nSPS) is 10.3. The molecule has 2 rings (SSSR count). The van der Waals surface area contributed by atoms with E-state index in [1.165, 1.54) is 6.07 Å². The van der Waals surface area contributed by atoms with Gasteiger partial charge in [-0.1, -0.05) is 0 Å². The summed E-state index contributed by atoms with van der Waals surface area (Å²) >= 11 is 0. The second-order valence-corrected chi connectivity index (χ2v) is 3.35. The zero-order valence-electron chi connectivity index (χ0n) is 8.24. The lowest BCUT2D eigenvalue weighted by Gasteiger charge is -2.05. The fourth-order valence-corrected chi connectivity index (χ4v) is 1.46. The smallest absolute Gasteiger partial charge is 0.126 e. The van der Waals surface area contributed by atoms with E-state index in [2.05, 4.69) is 4.98 Å². The highest BCUT2D eigenvalue weighted by Gasteiger charge is 2.05. The van der Waals surface area contributed by atoms with Crippen LogP contribution in [0.15, 0.2) is 36.5 Å². The molecule has 0 fully saturated rings. The van der Waals surface area contributed by atoms with Crippen LogP contribution in [-0.4, -0.2) is 10.1 Å².